The molecule has 8 heteroatoms. The number of halogens is 1. The molecule has 1 fully saturated rings. The minimum Gasteiger partial charge on any atom is -0.459 e. The second-order valence-electron chi connectivity index (χ2n) is 7.59. The Morgan fingerprint density at radius 3 is 2.45 bits per heavy atom. The molecule has 1 aromatic heterocycles. The Morgan fingerprint density at radius 1 is 1.06 bits per heavy atom. The first-order chi connectivity index (χ1) is 14.7. The van der Waals surface area contributed by atoms with Gasteiger partial charge in [0.25, 0.3) is 5.91 Å². The first kappa shape index (κ1) is 25.2. The zero-order chi connectivity index (χ0) is 21.0. The number of hydrogen-bond acceptors (Lipinski definition) is 4. The Labute approximate surface area is 202 Å². The molecule has 0 bridgehead atoms. The number of hydrogen-bond donors (Lipinski definition) is 3. The molecule has 0 radical (unpaired) electrons. The molecular weight excluding hydrogens is 505 g/mol. The standard InChI is InChI=1S/C23H33N5O2.HI/c1-24-23(25-13-7-16-28-14-4-2-3-5-15-28)26-18-19-9-11-20(12-10-19)27-22(29)21-8-6-17-30-21;/h6,8-12,17H,2-5,7,13-16,18H2,1H3,(H,27,29)(H2,24,25,26);1H. The number of rotatable bonds is 8. The predicted molar refractivity (Wildman–Crippen MR) is 136 cm³/mol. The number of likely N-dealkylation sites (tertiary alicyclic amines) is 1. The lowest BCUT2D eigenvalue weighted by Gasteiger charge is -2.20. The highest BCUT2D eigenvalue weighted by Gasteiger charge is 2.09. The zero-order valence-electron chi connectivity index (χ0n) is 18.2. The fourth-order valence-electron chi connectivity index (χ4n) is 3.58. The monoisotopic (exact) mass is 539 g/mol. The lowest BCUT2D eigenvalue weighted by Crippen LogP contribution is -2.38. The SMILES string of the molecule is CN=C(NCCCN1CCCCCC1)NCc1ccc(NC(=O)c2ccco2)cc1.I. The van der Waals surface area contributed by atoms with Crippen LogP contribution in [0.5, 0.6) is 0 Å². The number of guanidine groups is 1. The molecule has 1 aromatic carbocycles. The summed E-state index contributed by atoms with van der Waals surface area (Å²) in [6, 6.07) is 11.1. The maximum Gasteiger partial charge on any atom is 0.291 e. The van der Waals surface area contributed by atoms with E-state index >= 15 is 0 Å². The number of anilines is 1. The summed E-state index contributed by atoms with van der Waals surface area (Å²) in [6.07, 6.45) is 8.03. The Balaban J connectivity index is 0.00000341. The van der Waals surface area contributed by atoms with Gasteiger partial charge in [-0.25, -0.2) is 0 Å². The lowest BCUT2D eigenvalue weighted by molar-refractivity contribution is 0.0996. The number of carbonyl (C=O) groups excluding carboxylic acids is 1. The summed E-state index contributed by atoms with van der Waals surface area (Å²) < 4.78 is 5.10. The average Bonchev–Trinajstić information content (AvgIpc) is 3.19. The van der Waals surface area contributed by atoms with E-state index in [0.717, 1.165) is 36.7 Å². The predicted octanol–water partition coefficient (Wildman–Crippen LogP) is 4.08. The van der Waals surface area contributed by atoms with Gasteiger partial charge in [-0.3, -0.25) is 9.79 Å². The second kappa shape index (κ2) is 14.1. The number of benzene rings is 1. The largest absolute Gasteiger partial charge is 0.459 e. The minimum atomic E-state index is -0.254. The topological polar surface area (TPSA) is 81.9 Å². The van der Waals surface area contributed by atoms with E-state index in [1.165, 1.54) is 45.0 Å². The summed E-state index contributed by atoms with van der Waals surface area (Å²) in [5, 5.41) is 9.55. The zero-order valence-corrected chi connectivity index (χ0v) is 20.6. The van der Waals surface area contributed by atoms with E-state index in [9.17, 15) is 4.79 Å². The van der Waals surface area contributed by atoms with Crippen LogP contribution in [0.2, 0.25) is 0 Å². The quantitative estimate of drug-likeness (QED) is 0.204. The first-order valence-corrected chi connectivity index (χ1v) is 10.9. The van der Waals surface area contributed by atoms with Gasteiger partial charge in [-0.1, -0.05) is 25.0 Å². The molecule has 1 saturated heterocycles. The summed E-state index contributed by atoms with van der Waals surface area (Å²) in [7, 11) is 1.79. The van der Waals surface area contributed by atoms with Crippen molar-refractivity contribution in [3.05, 3.63) is 54.0 Å². The molecule has 1 aliphatic heterocycles. The third-order valence-electron chi connectivity index (χ3n) is 5.28. The maximum absolute atomic E-state index is 12.0. The smallest absolute Gasteiger partial charge is 0.291 e. The molecular formula is C23H34IN5O2. The Kier molecular flexibility index (Phi) is 11.4. The molecule has 1 amide bonds. The summed E-state index contributed by atoms with van der Waals surface area (Å²) in [5.41, 5.74) is 1.84. The molecule has 0 unspecified atom stereocenters. The van der Waals surface area contributed by atoms with Crippen molar-refractivity contribution < 1.29 is 9.21 Å². The van der Waals surface area contributed by atoms with Crippen LogP contribution in [0.25, 0.3) is 0 Å². The minimum absolute atomic E-state index is 0. The average molecular weight is 539 g/mol. The van der Waals surface area contributed by atoms with Crippen molar-refractivity contribution in [3.8, 4) is 0 Å². The summed E-state index contributed by atoms with van der Waals surface area (Å²) in [4.78, 5) is 18.9. The maximum atomic E-state index is 12.0. The van der Waals surface area contributed by atoms with Gasteiger partial charge in [0.2, 0.25) is 0 Å². The van der Waals surface area contributed by atoms with E-state index in [1.807, 2.05) is 24.3 Å². The van der Waals surface area contributed by atoms with Gasteiger partial charge < -0.3 is 25.3 Å². The fraction of sp³-hybridized carbons (Fsp3) is 0.478. The first-order valence-electron chi connectivity index (χ1n) is 10.9. The third-order valence-corrected chi connectivity index (χ3v) is 5.28. The van der Waals surface area contributed by atoms with Crippen LogP contribution in [0, 0.1) is 0 Å². The van der Waals surface area contributed by atoms with Gasteiger partial charge in [-0.05, 0) is 68.7 Å². The number of amides is 1. The van der Waals surface area contributed by atoms with Crippen molar-refractivity contribution in [2.24, 2.45) is 4.99 Å². The fourth-order valence-corrected chi connectivity index (χ4v) is 3.58. The van der Waals surface area contributed by atoms with E-state index in [-0.39, 0.29) is 29.9 Å². The second-order valence-corrected chi connectivity index (χ2v) is 7.59. The summed E-state index contributed by atoms with van der Waals surface area (Å²) in [6.45, 7) is 5.21. The Morgan fingerprint density at radius 2 is 1.81 bits per heavy atom. The van der Waals surface area contributed by atoms with Crippen molar-refractivity contribution in [2.75, 3.05) is 38.5 Å². The van der Waals surface area contributed by atoms with Crippen LogP contribution in [-0.2, 0) is 6.54 Å². The molecule has 1 aliphatic rings. The molecule has 3 N–H and O–H groups in total. The van der Waals surface area contributed by atoms with Crippen LogP contribution < -0.4 is 16.0 Å². The van der Waals surface area contributed by atoms with E-state index in [4.69, 9.17) is 4.42 Å². The molecule has 7 nitrogen and oxygen atoms in total. The van der Waals surface area contributed by atoms with Crippen molar-refractivity contribution in [1.82, 2.24) is 15.5 Å². The van der Waals surface area contributed by atoms with Gasteiger partial charge in [0.1, 0.15) is 0 Å². The molecule has 31 heavy (non-hydrogen) atoms. The number of furan rings is 1. The van der Waals surface area contributed by atoms with E-state index < -0.39 is 0 Å². The van der Waals surface area contributed by atoms with E-state index in [2.05, 4.69) is 25.8 Å². The highest BCUT2D eigenvalue weighted by molar-refractivity contribution is 14.0. The van der Waals surface area contributed by atoms with Crippen LogP contribution in [-0.4, -0.2) is 50.0 Å². The van der Waals surface area contributed by atoms with E-state index in [0.29, 0.717) is 12.3 Å². The van der Waals surface area contributed by atoms with Gasteiger partial charge >= 0.3 is 0 Å². The number of nitrogens with one attached hydrogen (secondary N) is 3. The van der Waals surface area contributed by atoms with Crippen molar-refractivity contribution in [2.45, 2.75) is 38.6 Å². The van der Waals surface area contributed by atoms with Gasteiger partial charge in [0.05, 0.1) is 6.26 Å². The lowest BCUT2D eigenvalue weighted by atomic mass is 10.2. The molecule has 2 aromatic rings. The number of carbonyl (C=O) groups is 1. The van der Waals surface area contributed by atoms with Crippen molar-refractivity contribution in [1.29, 1.82) is 0 Å². The van der Waals surface area contributed by atoms with Gasteiger partial charge in [-0.15, -0.1) is 24.0 Å². The van der Waals surface area contributed by atoms with Crippen LogP contribution in [0.3, 0.4) is 0 Å². The van der Waals surface area contributed by atoms with Crippen molar-refractivity contribution in [3.63, 3.8) is 0 Å². The van der Waals surface area contributed by atoms with Gasteiger partial charge in [0.15, 0.2) is 11.7 Å². The third kappa shape index (κ3) is 8.90. The Hall–Kier alpha value is -2.07. The molecule has 0 saturated carbocycles. The highest BCUT2D eigenvalue weighted by atomic mass is 127. The number of nitrogens with zero attached hydrogens (tertiary/aromatic N) is 2. The van der Waals surface area contributed by atoms with Gasteiger partial charge in [-0.2, -0.15) is 0 Å². The molecule has 170 valence electrons. The molecule has 0 atom stereocenters. The molecule has 3 rings (SSSR count). The molecule has 2 heterocycles. The highest BCUT2D eigenvalue weighted by Crippen LogP contribution is 2.12. The molecule has 0 spiro atoms. The number of aliphatic imine (C=N–C) groups is 1. The Bertz CT molecular complexity index is 785. The van der Waals surface area contributed by atoms with Crippen LogP contribution in [0.15, 0.2) is 52.1 Å². The normalized spacial score (nSPS) is 14.9. The van der Waals surface area contributed by atoms with E-state index in [1.54, 1.807) is 19.2 Å². The molecule has 0 aliphatic carbocycles. The summed E-state index contributed by atoms with van der Waals surface area (Å²) >= 11 is 0. The van der Waals surface area contributed by atoms with Gasteiger partial charge in [0, 0.05) is 25.8 Å². The summed E-state index contributed by atoms with van der Waals surface area (Å²) in [5.74, 6) is 0.850. The van der Waals surface area contributed by atoms with Crippen LogP contribution in [0.4, 0.5) is 5.69 Å². The van der Waals surface area contributed by atoms with Crippen molar-refractivity contribution >= 4 is 41.5 Å². The van der Waals surface area contributed by atoms with Crippen LogP contribution in [0.1, 0.15) is 48.2 Å². The van der Waals surface area contributed by atoms with Crippen LogP contribution >= 0.6 is 24.0 Å².